The minimum Gasteiger partial charge on any atom is -0.414 e. The molecular formula is C35H63NO3Si. The van der Waals surface area contributed by atoms with Gasteiger partial charge in [0.15, 0.2) is 8.32 Å². The van der Waals surface area contributed by atoms with E-state index in [1.807, 2.05) is 6.92 Å². The molecule has 4 aliphatic carbocycles. The van der Waals surface area contributed by atoms with E-state index in [1.165, 1.54) is 51.4 Å². The van der Waals surface area contributed by atoms with Crippen molar-refractivity contribution in [3.63, 3.8) is 0 Å². The predicted molar refractivity (Wildman–Crippen MR) is 168 cm³/mol. The third-order valence-electron chi connectivity index (χ3n) is 14.4. The summed E-state index contributed by atoms with van der Waals surface area (Å²) in [6, 6.07) is -0.0172. The zero-order valence-corrected chi connectivity index (χ0v) is 28.7. The molecule has 5 aliphatic rings. The first-order valence-corrected chi connectivity index (χ1v) is 20.2. The van der Waals surface area contributed by atoms with E-state index < -0.39 is 13.9 Å². The van der Waals surface area contributed by atoms with E-state index in [1.54, 1.807) is 0 Å². The van der Waals surface area contributed by atoms with Crippen molar-refractivity contribution < 1.29 is 14.3 Å². The minimum atomic E-state index is -1.74. The molecule has 2 unspecified atom stereocenters. The molecule has 1 aliphatic heterocycles. The Kier molecular flexibility index (Phi) is 8.26. The van der Waals surface area contributed by atoms with Gasteiger partial charge >= 0.3 is 0 Å². The summed E-state index contributed by atoms with van der Waals surface area (Å²) in [7, 11) is -1.74. The molecule has 230 valence electrons. The van der Waals surface area contributed by atoms with Crippen molar-refractivity contribution in [1.82, 2.24) is 4.90 Å². The number of fused-ring (bicyclic) bond motifs is 5. The molecule has 0 aromatic heterocycles. The summed E-state index contributed by atoms with van der Waals surface area (Å²) in [6.45, 7) is 22.1. The number of aliphatic hydroxyl groups is 1. The van der Waals surface area contributed by atoms with Crippen LogP contribution < -0.4 is 0 Å². The summed E-state index contributed by atoms with van der Waals surface area (Å²) >= 11 is 0. The standard InChI is InChI=1S/C35H63NO3Si/c1-10-31(37)36-22-12-11-13-30(36)35(7,38)29-17-16-27-26-15-14-24-23-25(39-40(8,9)32(2,3)4)18-20-33(24,5)28(26)19-21-34(27,29)6/h24-30,38H,10-23H2,1-9H3/t24-,25-,26-,27-,28-,29-,30?,33-,34-,35?/m0/s1. The number of hydrogen-bond donors (Lipinski definition) is 1. The van der Waals surface area contributed by atoms with Crippen molar-refractivity contribution in [2.45, 2.75) is 168 Å². The van der Waals surface area contributed by atoms with Crippen LogP contribution in [0.2, 0.25) is 18.1 Å². The number of amides is 1. The molecule has 1 heterocycles. The van der Waals surface area contributed by atoms with Crippen molar-refractivity contribution in [2.75, 3.05) is 6.54 Å². The average Bonchev–Trinajstić information content (AvgIpc) is 3.25. The number of nitrogens with zero attached hydrogens (tertiary/aromatic N) is 1. The van der Waals surface area contributed by atoms with Crippen molar-refractivity contribution in [3.05, 3.63) is 0 Å². The van der Waals surface area contributed by atoms with Crippen LogP contribution in [0.25, 0.3) is 0 Å². The van der Waals surface area contributed by atoms with Gasteiger partial charge in [0.1, 0.15) is 0 Å². The van der Waals surface area contributed by atoms with E-state index in [0.717, 1.165) is 55.9 Å². The van der Waals surface area contributed by atoms with E-state index in [9.17, 15) is 9.90 Å². The number of carbonyl (C=O) groups excluding carboxylic acids is 1. The number of piperidine rings is 1. The highest BCUT2D eigenvalue weighted by Gasteiger charge is 2.64. The topological polar surface area (TPSA) is 49.8 Å². The summed E-state index contributed by atoms with van der Waals surface area (Å²) in [5, 5.41) is 12.6. The van der Waals surface area contributed by atoms with Gasteiger partial charge in [0.2, 0.25) is 5.91 Å². The molecule has 1 amide bonds. The molecule has 5 heteroatoms. The quantitative estimate of drug-likeness (QED) is 0.335. The number of rotatable bonds is 5. The van der Waals surface area contributed by atoms with Gasteiger partial charge in [-0.1, -0.05) is 41.5 Å². The van der Waals surface area contributed by atoms with Crippen LogP contribution in [0.1, 0.15) is 132 Å². The molecule has 0 spiro atoms. The highest BCUT2D eigenvalue weighted by molar-refractivity contribution is 6.74. The monoisotopic (exact) mass is 573 g/mol. The lowest BCUT2D eigenvalue weighted by Crippen LogP contribution is -2.62. The molecule has 0 aromatic carbocycles. The number of hydrogen-bond acceptors (Lipinski definition) is 3. The average molecular weight is 574 g/mol. The molecule has 10 atom stereocenters. The Labute approximate surface area is 247 Å². The first-order chi connectivity index (χ1) is 18.6. The van der Waals surface area contributed by atoms with Crippen LogP contribution in [0.4, 0.5) is 0 Å². The third kappa shape index (κ3) is 4.98. The summed E-state index contributed by atoms with van der Waals surface area (Å²) in [5.74, 6) is 3.68. The Hall–Kier alpha value is -0.393. The second kappa shape index (κ2) is 10.6. The zero-order chi connectivity index (χ0) is 29.3. The second-order valence-corrected chi connectivity index (χ2v) is 22.0. The van der Waals surface area contributed by atoms with E-state index >= 15 is 0 Å². The highest BCUT2D eigenvalue weighted by Crippen LogP contribution is 2.69. The normalized spacial score (nSPS) is 43.9. The van der Waals surface area contributed by atoms with Gasteiger partial charge in [-0.15, -0.1) is 0 Å². The Bertz CT molecular complexity index is 941. The highest BCUT2D eigenvalue weighted by atomic mass is 28.4. The van der Waals surface area contributed by atoms with Crippen LogP contribution in [-0.4, -0.2) is 48.5 Å². The van der Waals surface area contributed by atoms with E-state index in [2.05, 4.69) is 59.5 Å². The fourth-order valence-corrected chi connectivity index (χ4v) is 12.6. The zero-order valence-electron chi connectivity index (χ0n) is 27.7. The van der Waals surface area contributed by atoms with Crippen LogP contribution >= 0.6 is 0 Å². The first-order valence-electron chi connectivity index (χ1n) is 17.3. The summed E-state index contributed by atoms with van der Waals surface area (Å²) < 4.78 is 6.98. The Morgan fingerprint density at radius 2 is 1.60 bits per heavy atom. The largest absolute Gasteiger partial charge is 0.414 e. The van der Waals surface area contributed by atoms with Crippen molar-refractivity contribution in [1.29, 1.82) is 0 Å². The molecule has 4 saturated carbocycles. The number of likely N-dealkylation sites (tertiary alicyclic amines) is 1. The third-order valence-corrected chi connectivity index (χ3v) is 18.9. The Morgan fingerprint density at radius 1 is 0.925 bits per heavy atom. The second-order valence-electron chi connectivity index (χ2n) is 17.3. The Morgan fingerprint density at radius 3 is 2.27 bits per heavy atom. The lowest BCUT2D eigenvalue weighted by Gasteiger charge is -2.62. The van der Waals surface area contributed by atoms with Gasteiger partial charge in [0.25, 0.3) is 0 Å². The smallest absolute Gasteiger partial charge is 0.222 e. The van der Waals surface area contributed by atoms with Crippen molar-refractivity contribution in [2.24, 2.45) is 40.4 Å². The van der Waals surface area contributed by atoms with Gasteiger partial charge < -0.3 is 14.4 Å². The van der Waals surface area contributed by atoms with E-state index in [-0.39, 0.29) is 22.4 Å². The fourth-order valence-electron chi connectivity index (χ4n) is 11.2. The van der Waals surface area contributed by atoms with Crippen LogP contribution in [0.3, 0.4) is 0 Å². The van der Waals surface area contributed by atoms with Gasteiger partial charge in [-0.2, -0.15) is 0 Å². The van der Waals surface area contributed by atoms with Gasteiger partial charge in [-0.3, -0.25) is 4.79 Å². The SMILES string of the molecule is CCC(=O)N1CCCCC1C(C)(O)[C@H]1CC[C@H]2[C@@H]3CC[C@H]4C[C@@H](O[Si](C)(C)C(C)(C)C)CC[C@]4(C)[C@H]3CC[C@]12C. The van der Waals surface area contributed by atoms with Crippen LogP contribution in [0.15, 0.2) is 0 Å². The van der Waals surface area contributed by atoms with Crippen molar-refractivity contribution in [3.8, 4) is 0 Å². The maximum Gasteiger partial charge on any atom is 0.222 e. The summed E-state index contributed by atoms with van der Waals surface area (Å²) in [5.41, 5.74) is -0.164. The maximum absolute atomic E-state index is 12.9. The molecule has 5 fully saturated rings. The lowest BCUT2D eigenvalue weighted by molar-refractivity contribution is -0.167. The first kappa shape index (κ1) is 31.0. The molecule has 1 N–H and O–H groups in total. The molecule has 0 radical (unpaired) electrons. The molecular weight excluding hydrogens is 510 g/mol. The molecule has 40 heavy (non-hydrogen) atoms. The Balaban J connectivity index is 1.31. The molecule has 0 aromatic rings. The molecule has 5 rings (SSSR count). The molecule has 1 saturated heterocycles. The predicted octanol–water partition coefficient (Wildman–Crippen LogP) is 8.58. The van der Waals surface area contributed by atoms with Crippen LogP contribution in [0, 0.1) is 40.4 Å². The fraction of sp³-hybridized carbons (Fsp3) is 0.971. The van der Waals surface area contributed by atoms with Gasteiger partial charge in [-0.05, 0) is 143 Å². The van der Waals surface area contributed by atoms with Crippen LogP contribution in [0.5, 0.6) is 0 Å². The number of carbonyl (C=O) groups is 1. The molecule has 0 bridgehead atoms. The van der Waals surface area contributed by atoms with Gasteiger partial charge in [-0.25, -0.2) is 0 Å². The minimum absolute atomic E-state index is 0.0172. The van der Waals surface area contributed by atoms with Gasteiger partial charge in [0.05, 0.1) is 11.6 Å². The van der Waals surface area contributed by atoms with Crippen molar-refractivity contribution >= 4 is 14.2 Å². The summed E-state index contributed by atoms with van der Waals surface area (Å²) in [6.07, 6.45) is 15.7. The molecule has 4 nitrogen and oxygen atoms in total. The lowest BCUT2D eigenvalue weighted by atomic mass is 9.44. The van der Waals surface area contributed by atoms with Gasteiger partial charge in [0, 0.05) is 19.1 Å². The van der Waals surface area contributed by atoms with E-state index in [4.69, 9.17) is 4.43 Å². The maximum atomic E-state index is 12.9. The summed E-state index contributed by atoms with van der Waals surface area (Å²) in [4.78, 5) is 15.0. The van der Waals surface area contributed by atoms with Crippen LogP contribution in [-0.2, 0) is 9.22 Å². The van der Waals surface area contributed by atoms with E-state index in [0.29, 0.717) is 23.9 Å².